The number of carbonyl (C=O) groups is 1. The van der Waals surface area contributed by atoms with E-state index in [9.17, 15) is 9.90 Å². The number of hydrogen-bond donors (Lipinski definition) is 2. The fourth-order valence-electron chi connectivity index (χ4n) is 3.05. The maximum Gasteiger partial charge on any atom is 0.317 e. The molecule has 2 atom stereocenters. The Balaban J connectivity index is 1.90. The van der Waals surface area contributed by atoms with Crippen molar-refractivity contribution in [1.82, 2.24) is 10.2 Å². The summed E-state index contributed by atoms with van der Waals surface area (Å²) in [6.07, 6.45) is 2.67. The summed E-state index contributed by atoms with van der Waals surface area (Å²) >= 11 is 0. The molecule has 22 heavy (non-hydrogen) atoms. The second-order valence-electron chi connectivity index (χ2n) is 5.75. The maximum absolute atomic E-state index is 12.4. The summed E-state index contributed by atoms with van der Waals surface area (Å²) < 4.78 is 5.18. The summed E-state index contributed by atoms with van der Waals surface area (Å²) in [6, 6.07) is 10.2. The number of amides is 2. The second kappa shape index (κ2) is 8.76. The van der Waals surface area contributed by atoms with Crippen LogP contribution in [0.25, 0.3) is 0 Å². The monoisotopic (exact) mass is 306 g/mol. The van der Waals surface area contributed by atoms with Gasteiger partial charge in [-0.3, -0.25) is 0 Å². The molecule has 2 N–H and O–H groups in total. The molecular formula is C17H26N2O3. The maximum atomic E-state index is 12.4. The number of nitrogens with zero attached hydrogens (tertiary/aromatic N) is 1. The zero-order valence-corrected chi connectivity index (χ0v) is 13.2. The lowest BCUT2D eigenvalue weighted by molar-refractivity contribution is 0.123. The highest BCUT2D eigenvalue weighted by Gasteiger charge is 2.28. The van der Waals surface area contributed by atoms with Crippen LogP contribution in [-0.2, 0) is 4.74 Å². The molecule has 0 saturated carbocycles. The van der Waals surface area contributed by atoms with E-state index in [1.807, 2.05) is 35.2 Å². The van der Waals surface area contributed by atoms with E-state index in [2.05, 4.69) is 5.32 Å². The number of methoxy groups -OCH3 is 1. The summed E-state index contributed by atoms with van der Waals surface area (Å²) in [4.78, 5) is 14.2. The first-order valence-corrected chi connectivity index (χ1v) is 7.95. The SMILES string of the molecule is COCC1CCCN1C(=O)NCC(CCO)c1ccccc1. The van der Waals surface area contributed by atoms with Crippen molar-refractivity contribution in [2.45, 2.75) is 31.2 Å². The number of nitrogens with one attached hydrogen (secondary N) is 1. The molecule has 5 heteroatoms. The first-order valence-electron chi connectivity index (χ1n) is 7.95. The van der Waals surface area contributed by atoms with Gasteiger partial charge in [0.25, 0.3) is 0 Å². The fourth-order valence-corrected chi connectivity index (χ4v) is 3.05. The van der Waals surface area contributed by atoms with Gasteiger partial charge in [0.1, 0.15) is 0 Å². The molecule has 1 aromatic rings. The van der Waals surface area contributed by atoms with Crippen LogP contribution in [0.15, 0.2) is 30.3 Å². The molecule has 0 spiro atoms. The third kappa shape index (κ3) is 4.45. The fraction of sp³-hybridized carbons (Fsp3) is 0.588. The first-order chi connectivity index (χ1) is 10.8. The van der Waals surface area contributed by atoms with Crippen LogP contribution < -0.4 is 5.32 Å². The van der Waals surface area contributed by atoms with Crippen molar-refractivity contribution in [3.05, 3.63) is 35.9 Å². The second-order valence-corrected chi connectivity index (χ2v) is 5.75. The highest BCUT2D eigenvalue weighted by molar-refractivity contribution is 5.75. The number of likely N-dealkylation sites (tertiary alicyclic amines) is 1. The predicted molar refractivity (Wildman–Crippen MR) is 85.9 cm³/mol. The lowest BCUT2D eigenvalue weighted by Crippen LogP contribution is -2.45. The molecule has 1 saturated heterocycles. The molecule has 122 valence electrons. The number of ether oxygens (including phenoxy) is 1. The van der Waals surface area contributed by atoms with E-state index in [0.29, 0.717) is 19.6 Å². The molecule has 1 aromatic carbocycles. The Morgan fingerprint density at radius 1 is 1.45 bits per heavy atom. The zero-order valence-electron chi connectivity index (χ0n) is 13.2. The van der Waals surface area contributed by atoms with Gasteiger partial charge in [0, 0.05) is 32.7 Å². The van der Waals surface area contributed by atoms with Crippen molar-refractivity contribution in [2.75, 3.05) is 33.4 Å². The van der Waals surface area contributed by atoms with Gasteiger partial charge >= 0.3 is 6.03 Å². The summed E-state index contributed by atoms with van der Waals surface area (Å²) in [5.74, 6) is 0.138. The molecule has 1 aliphatic rings. The van der Waals surface area contributed by atoms with Crippen molar-refractivity contribution in [3.8, 4) is 0 Å². The predicted octanol–water partition coefficient (Wildman–Crippen LogP) is 1.97. The molecule has 1 aliphatic heterocycles. The molecule has 2 unspecified atom stereocenters. The van der Waals surface area contributed by atoms with Crippen molar-refractivity contribution >= 4 is 6.03 Å². The molecule has 2 rings (SSSR count). The molecule has 0 aliphatic carbocycles. The van der Waals surface area contributed by atoms with Crippen molar-refractivity contribution in [2.24, 2.45) is 0 Å². The Morgan fingerprint density at radius 2 is 2.23 bits per heavy atom. The number of carbonyl (C=O) groups excluding carboxylic acids is 1. The van der Waals surface area contributed by atoms with E-state index in [0.717, 1.165) is 24.9 Å². The standard InChI is InChI=1S/C17H26N2O3/c1-22-13-16-8-5-10-19(16)17(21)18-12-15(9-11-20)14-6-3-2-4-7-14/h2-4,6-7,15-16,20H,5,8-13H2,1H3,(H,18,21). The van der Waals surface area contributed by atoms with Crippen LogP contribution in [0.2, 0.25) is 0 Å². The van der Waals surface area contributed by atoms with Crippen molar-refractivity contribution in [3.63, 3.8) is 0 Å². The van der Waals surface area contributed by atoms with Crippen LogP contribution in [0.4, 0.5) is 4.79 Å². The summed E-state index contributed by atoms with van der Waals surface area (Å²) in [5.41, 5.74) is 1.15. The number of aliphatic hydroxyl groups excluding tert-OH is 1. The van der Waals surface area contributed by atoms with Gasteiger partial charge in [-0.2, -0.15) is 0 Å². The van der Waals surface area contributed by atoms with Crippen LogP contribution in [0.3, 0.4) is 0 Å². The Morgan fingerprint density at radius 3 is 2.91 bits per heavy atom. The lowest BCUT2D eigenvalue weighted by Gasteiger charge is -2.26. The van der Waals surface area contributed by atoms with Crippen LogP contribution >= 0.6 is 0 Å². The Hall–Kier alpha value is -1.59. The summed E-state index contributed by atoms with van der Waals surface area (Å²) in [5, 5.41) is 12.3. The third-order valence-corrected chi connectivity index (χ3v) is 4.25. The minimum atomic E-state index is -0.0292. The van der Waals surface area contributed by atoms with Gasteiger partial charge < -0.3 is 20.1 Å². The number of aliphatic hydroxyl groups is 1. The first kappa shape index (κ1) is 16.8. The molecular weight excluding hydrogens is 280 g/mol. The smallest absolute Gasteiger partial charge is 0.317 e. The largest absolute Gasteiger partial charge is 0.396 e. The molecule has 0 bridgehead atoms. The highest BCUT2D eigenvalue weighted by Crippen LogP contribution is 2.20. The summed E-state index contributed by atoms with van der Waals surface area (Å²) in [7, 11) is 1.67. The van der Waals surface area contributed by atoms with Gasteiger partial charge in [-0.25, -0.2) is 4.79 Å². The third-order valence-electron chi connectivity index (χ3n) is 4.25. The van der Waals surface area contributed by atoms with Gasteiger partial charge in [0.05, 0.1) is 12.6 Å². The Kier molecular flexibility index (Phi) is 6.68. The minimum absolute atomic E-state index is 0.0292. The topological polar surface area (TPSA) is 61.8 Å². The lowest BCUT2D eigenvalue weighted by atomic mass is 9.96. The molecule has 2 amide bonds. The van der Waals surface area contributed by atoms with E-state index < -0.39 is 0 Å². The van der Waals surface area contributed by atoms with E-state index in [4.69, 9.17) is 4.74 Å². The van der Waals surface area contributed by atoms with Gasteiger partial charge in [-0.05, 0) is 24.8 Å². The minimum Gasteiger partial charge on any atom is -0.396 e. The van der Waals surface area contributed by atoms with E-state index in [1.54, 1.807) is 7.11 Å². The van der Waals surface area contributed by atoms with Crippen LogP contribution in [0.5, 0.6) is 0 Å². The van der Waals surface area contributed by atoms with Gasteiger partial charge in [-0.15, -0.1) is 0 Å². The molecule has 0 radical (unpaired) electrons. The molecule has 1 heterocycles. The zero-order chi connectivity index (χ0) is 15.8. The average molecular weight is 306 g/mol. The van der Waals surface area contributed by atoms with Crippen molar-refractivity contribution < 1.29 is 14.6 Å². The van der Waals surface area contributed by atoms with E-state index >= 15 is 0 Å². The average Bonchev–Trinajstić information content (AvgIpc) is 3.01. The number of benzene rings is 1. The van der Waals surface area contributed by atoms with E-state index in [1.165, 1.54) is 0 Å². The van der Waals surface area contributed by atoms with Gasteiger partial charge in [0.2, 0.25) is 0 Å². The Labute approximate surface area is 132 Å². The van der Waals surface area contributed by atoms with Gasteiger partial charge in [0.15, 0.2) is 0 Å². The van der Waals surface area contributed by atoms with Gasteiger partial charge in [-0.1, -0.05) is 30.3 Å². The number of hydrogen-bond acceptors (Lipinski definition) is 3. The van der Waals surface area contributed by atoms with Crippen LogP contribution in [0, 0.1) is 0 Å². The van der Waals surface area contributed by atoms with Crippen LogP contribution in [-0.4, -0.2) is 55.5 Å². The van der Waals surface area contributed by atoms with E-state index in [-0.39, 0.29) is 24.6 Å². The normalized spacial score (nSPS) is 19.2. The highest BCUT2D eigenvalue weighted by atomic mass is 16.5. The summed E-state index contributed by atoms with van der Waals surface area (Å²) in [6.45, 7) is 2.03. The number of urea groups is 1. The Bertz CT molecular complexity index is 452. The van der Waals surface area contributed by atoms with Crippen molar-refractivity contribution in [1.29, 1.82) is 0 Å². The quantitative estimate of drug-likeness (QED) is 0.809. The molecule has 5 nitrogen and oxygen atoms in total. The molecule has 1 fully saturated rings. The molecule has 0 aromatic heterocycles. The van der Waals surface area contributed by atoms with Crippen LogP contribution in [0.1, 0.15) is 30.7 Å². The number of rotatable bonds is 7.